The van der Waals surface area contributed by atoms with E-state index < -0.39 is 0 Å². The minimum absolute atomic E-state index is 0.490. The van der Waals surface area contributed by atoms with E-state index in [1.807, 2.05) is 0 Å². The molecule has 0 aliphatic heterocycles. The van der Waals surface area contributed by atoms with Gasteiger partial charge in [0.1, 0.15) is 11.5 Å². The highest BCUT2D eigenvalue weighted by molar-refractivity contribution is 14.1. The first-order chi connectivity index (χ1) is 5.70. The van der Waals surface area contributed by atoms with Crippen molar-refractivity contribution in [3.63, 3.8) is 0 Å². The number of aromatic nitrogens is 3. The molecule has 1 rings (SSSR count). The van der Waals surface area contributed by atoms with Crippen LogP contribution in [0.15, 0.2) is 17.5 Å². The van der Waals surface area contributed by atoms with Gasteiger partial charge in [-0.05, 0) is 29.5 Å². The lowest BCUT2D eigenvalue weighted by Gasteiger charge is -1.88. The number of hydrogen-bond acceptors (Lipinski definition) is 3. The fourth-order valence-corrected chi connectivity index (χ4v) is 0.975. The lowest BCUT2D eigenvalue weighted by Crippen LogP contribution is -1.80. The third-order valence-electron chi connectivity index (χ3n) is 0.997. The minimum atomic E-state index is 0.490. The first kappa shape index (κ1) is 9.66. The summed E-state index contributed by atoms with van der Waals surface area (Å²) < 4.78 is 0.866. The minimum Gasteiger partial charge on any atom is -0.259 e. The summed E-state index contributed by atoms with van der Waals surface area (Å²) in [7, 11) is 0. The molecule has 12 heavy (non-hydrogen) atoms. The van der Waals surface area contributed by atoms with Gasteiger partial charge >= 0.3 is 0 Å². The van der Waals surface area contributed by atoms with Gasteiger partial charge in [-0.25, -0.2) is 9.98 Å². The van der Waals surface area contributed by atoms with Crippen LogP contribution in [0.25, 0.3) is 3.58 Å². The van der Waals surface area contributed by atoms with Crippen molar-refractivity contribution >= 4 is 42.9 Å². The average Bonchev–Trinajstić information content (AvgIpc) is 2.51. The summed E-state index contributed by atoms with van der Waals surface area (Å²) in [5, 5.41) is 6.91. The zero-order valence-corrected chi connectivity index (χ0v) is 9.17. The number of halogens is 2. The van der Waals surface area contributed by atoms with Gasteiger partial charge in [-0.15, -0.1) is 0 Å². The van der Waals surface area contributed by atoms with E-state index in [9.17, 15) is 0 Å². The largest absolute Gasteiger partial charge is 0.259 e. The standard InChI is InChI=1S/C6H6ClIN4/c1-4(7)9-2-5(8)6-10-3-11-12-6/h2-3H,1H3,(H,10,11,12)/b5-2+,9-4?. The molecule has 6 heteroatoms. The van der Waals surface area contributed by atoms with Gasteiger partial charge in [0.05, 0.1) is 3.58 Å². The Morgan fingerprint density at radius 1 is 1.83 bits per heavy atom. The van der Waals surface area contributed by atoms with Crippen molar-refractivity contribution in [1.29, 1.82) is 0 Å². The maximum atomic E-state index is 5.54. The predicted molar refractivity (Wildman–Crippen MR) is 57.3 cm³/mol. The molecule has 4 nitrogen and oxygen atoms in total. The van der Waals surface area contributed by atoms with Gasteiger partial charge in [0.15, 0.2) is 5.82 Å². The van der Waals surface area contributed by atoms with E-state index in [0.717, 1.165) is 3.58 Å². The molecular weight excluding hydrogens is 290 g/mol. The van der Waals surface area contributed by atoms with Crippen molar-refractivity contribution in [3.05, 3.63) is 18.4 Å². The lowest BCUT2D eigenvalue weighted by molar-refractivity contribution is 1.08. The van der Waals surface area contributed by atoms with Gasteiger partial charge in [-0.3, -0.25) is 5.10 Å². The summed E-state index contributed by atoms with van der Waals surface area (Å²) in [6.45, 7) is 1.71. The number of nitrogens with zero attached hydrogens (tertiary/aromatic N) is 3. The normalized spacial score (nSPS) is 13.6. The van der Waals surface area contributed by atoms with E-state index in [0.29, 0.717) is 11.0 Å². The number of H-pyrrole nitrogens is 1. The molecule has 1 aromatic heterocycles. The number of rotatable bonds is 2. The maximum absolute atomic E-state index is 5.54. The van der Waals surface area contributed by atoms with Gasteiger partial charge in [0.2, 0.25) is 0 Å². The van der Waals surface area contributed by atoms with Crippen LogP contribution in [0, 0.1) is 0 Å². The van der Waals surface area contributed by atoms with Crippen LogP contribution >= 0.6 is 34.2 Å². The van der Waals surface area contributed by atoms with Crippen LogP contribution in [0.1, 0.15) is 12.7 Å². The van der Waals surface area contributed by atoms with E-state index in [-0.39, 0.29) is 0 Å². The Morgan fingerprint density at radius 2 is 2.58 bits per heavy atom. The topological polar surface area (TPSA) is 53.9 Å². The van der Waals surface area contributed by atoms with Crippen molar-refractivity contribution in [2.45, 2.75) is 6.92 Å². The molecular formula is C6H6ClIN4. The summed E-state index contributed by atoms with van der Waals surface area (Å²) >= 11 is 7.64. The van der Waals surface area contributed by atoms with Crippen molar-refractivity contribution < 1.29 is 0 Å². The Balaban J connectivity index is 2.78. The smallest absolute Gasteiger partial charge is 0.163 e. The van der Waals surface area contributed by atoms with Crippen LogP contribution in [0.4, 0.5) is 0 Å². The van der Waals surface area contributed by atoms with E-state index in [1.54, 1.807) is 13.1 Å². The Kier molecular flexibility index (Phi) is 3.67. The Labute approximate surface area is 88.3 Å². The highest BCUT2D eigenvalue weighted by atomic mass is 127. The van der Waals surface area contributed by atoms with Crippen molar-refractivity contribution in [2.24, 2.45) is 4.99 Å². The molecule has 1 heterocycles. The van der Waals surface area contributed by atoms with Crippen LogP contribution < -0.4 is 0 Å². The highest BCUT2D eigenvalue weighted by Crippen LogP contribution is 2.16. The molecule has 0 unspecified atom stereocenters. The third-order valence-corrected chi connectivity index (χ3v) is 1.88. The maximum Gasteiger partial charge on any atom is 0.163 e. The quantitative estimate of drug-likeness (QED) is 0.672. The molecule has 0 radical (unpaired) electrons. The molecule has 0 amide bonds. The van der Waals surface area contributed by atoms with Crippen LogP contribution in [-0.4, -0.2) is 20.4 Å². The lowest BCUT2D eigenvalue weighted by atomic mass is 10.6. The number of aliphatic imine (C=N–C) groups is 1. The van der Waals surface area contributed by atoms with Crippen LogP contribution in [-0.2, 0) is 0 Å². The Morgan fingerprint density at radius 3 is 3.08 bits per heavy atom. The second kappa shape index (κ2) is 4.56. The molecule has 64 valence electrons. The van der Waals surface area contributed by atoms with Crippen molar-refractivity contribution in [2.75, 3.05) is 0 Å². The highest BCUT2D eigenvalue weighted by Gasteiger charge is 1.97. The van der Waals surface area contributed by atoms with E-state index in [4.69, 9.17) is 11.6 Å². The zero-order chi connectivity index (χ0) is 8.97. The van der Waals surface area contributed by atoms with Gasteiger partial charge in [0, 0.05) is 6.20 Å². The molecule has 1 aromatic rings. The molecule has 0 aliphatic carbocycles. The van der Waals surface area contributed by atoms with Gasteiger partial charge in [0.25, 0.3) is 0 Å². The summed E-state index contributed by atoms with van der Waals surface area (Å²) in [6, 6.07) is 0. The Hall–Kier alpha value is -0.430. The Bertz CT molecular complexity index is 299. The molecule has 0 atom stereocenters. The monoisotopic (exact) mass is 296 g/mol. The summed E-state index contributed by atoms with van der Waals surface area (Å²) in [5.41, 5.74) is 0. The van der Waals surface area contributed by atoms with Crippen LogP contribution in [0.2, 0.25) is 0 Å². The molecule has 0 saturated carbocycles. The van der Waals surface area contributed by atoms with E-state index in [2.05, 4.69) is 42.8 Å². The first-order valence-corrected chi connectivity index (χ1v) is 4.57. The molecule has 0 aromatic carbocycles. The second-order valence-corrected chi connectivity index (χ2v) is 3.65. The SMILES string of the molecule is CC(Cl)=N/C=C(/I)c1ncn[nH]1. The molecule has 0 aliphatic rings. The zero-order valence-electron chi connectivity index (χ0n) is 6.25. The number of nitrogens with one attached hydrogen (secondary N) is 1. The van der Waals surface area contributed by atoms with Crippen LogP contribution in [0.3, 0.4) is 0 Å². The van der Waals surface area contributed by atoms with Crippen LogP contribution in [0.5, 0.6) is 0 Å². The second-order valence-electron chi connectivity index (χ2n) is 1.94. The predicted octanol–water partition coefficient (Wildman–Crippen LogP) is 2.20. The summed E-state index contributed by atoms with van der Waals surface area (Å²) in [4.78, 5) is 7.84. The van der Waals surface area contributed by atoms with E-state index in [1.165, 1.54) is 6.33 Å². The van der Waals surface area contributed by atoms with Gasteiger partial charge in [-0.2, -0.15) is 5.10 Å². The van der Waals surface area contributed by atoms with Gasteiger partial charge in [-0.1, -0.05) is 11.6 Å². The summed E-state index contributed by atoms with van der Waals surface area (Å²) in [5.74, 6) is 0.692. The van der Waals surface area contributed by atoms with Crippen molar-refractivity contribution in [1.82, 2.24) is 15.2 Å². The summed E-state index contributed by atoms with van der Waals surface area (Å²) in [6.07, 6.45) is 3.07. The average molecular weight is 296 g/mol. The molecule has 0 saturated heterocycles. The van der Waals surface area contributed by atoms with Crippen molar-refractivity contribution in [3.8, 4) is 0 Å². The third kappa shape index (κ3) is 2.90. The number of hydrogen-bond donors (Lipinski definition) is 1. The fourth-order valence-electron chi connectivity index (χ4n) is 0.527. The molecule has 0 spiro atoms. The molecule has 1 N–H and O–H groups in total. The van der Waals surface area contributed by atoms with E-state index >= 15 is 0 Å². The molecule has 0 fully saturated rings. The first-order valence-electron chi connectivity index (χ1n) is 3.11. The number of aromatic amines is 1. The fraction of sp³-hybridized carbons (Fsp3) is 0.167. The van der Waals surface area contributed by atoms with Gasteiger partial charge < -0.3 is 0 Å². The molecule has 0 bridgehead atoms.